The standard InChI is InChI=1S/C12H18O4/c1-6(2)12-8(15-12)5-10-9(16-10)7(13)3-4-11(10,12)14/h6-9,13-14H,3-5H2,1-2H3/t7-,8-,9-,10-,11+,12-/m0/s1. The molecule has 2 heterocycles. The zero-order valence-electron chi connectivity index (χ0n) is 9.64. The van der Waals surface area contributed by atoms with E-state index in [1.807, 2.05) is 0 Å². The number of fused-ring (bicyclic) bond motifs is 2. The van der Waals surface area contributed by atoms with Gasteiger partial charge in [0.2, 0.25) is 0 Å². The first-order chi connectivity index (χ1) is 7.48. The van der Waals surface area contributed by atoms with E-state index >= 15 is 0 Å². The number of aliphatic hydroxyl groups is 2. The van der Waals surface area contributed by atoms with Crippen LogP contribution in [0.2, 0.25) is 0 Å². The minimum atomic E-state index is -0.872. The lowest BCUT2D eigenvalue weighted by Gasteiger charge is -2.41. The average Bonchev–Trinajstić information content (AvgIpc) is 3.07. The highest BCUT2D eigenvalue weighted by atomic mass is 16.7. The van der Waals surface area contributed by atoms with Gasteiger partial charge in [0, 0.05) is 6.42 Å². The third-order valence-corrected chi connectivity index (χ3v) is 5.34. The van der Waals surface area contributed by atoms with Crippen LogP contribution in [-0.4, -0.2) is 45.3 Å². The SMILES string of the molecule is CC(C)[C@]12O[C@H]1C[C@]13O[C@H]1[C@@H](O)CC[C@@]32O. The molecule has 2 aliphatic heterocycles. The van der Waals surface area contributed by atoms with Gasteiger partial charge in [-0.1, -0.05) is 13.8 Å². The van der Waals surface area contributed by atoms with Gasteiger partial charge in [-0.2, -0.15) is 0 Å². The summed E-state index contributed by atoms with van der Waals surface area (Å²) in [5, 5.41) is 20.8. The first kappa shape index (κ1) is 9.83. The fourth-order valence-corrected chi connectivity index (χ4v) is 4.51. The van der Waals surface area contributed by atoms with Gasteiger partial charge in [0.05, 0.1) is 12.2 Å². The molecule has 2 saturated carbocycles. The molecular weight excluding hydrogens is 208 g/mol. The molecule has 2 N–H and O–H groups in total. The van der Waals surface area contributed by atoms with Crippen LogP contribution >= 0.6 is 0 Å². The van der Waals surface area contributed by atoms with Crippen molar-refractivity contribution < 1.29 is 19.7 Å². The maximum absolute atomic E-state index is 11.0. The molecule has 0 aromatic heterocycles. The molecule has 2 aliphatic carbocycles. The Morgan fingerprint density at radius 1 is 1.31 bits per heavy atom. The van der Waals surface area contributed by atoms with E-state index in [0.29, 0.717) is 18.8 Å². The average molecular weight is 226 g/mol. The molecule has 6 atom stereocenters. The summed E-state index contributed by atoms with van der Waals surface area (Å²) in [5.74, 6) is 0.293. The Morgan fingerprint density at radius 3 is 2.75 bits per heavy atom. The Kier molecular flexibility index (Phi) is 1.44. The fourth-order valence-electron chi connectivity index (χ4n) is 4.51. The Labute approximate surface area is 94.5 Å². The monoisotopic (exact) mass is 226 g/mol. The third-order valence-electron chi connectivity index (χ3n) is 5.34. The molecule has 0 aromatic rings. The fraction of sp³-hybridized carbons (Fsp3) is 1.00. The van der Waals surface area contributed by atoms with Crippen LogP contribution in [0.25, 0.3) is 0 Å². The summed E-state index contributed by atoms with van der Waals surface area (Å²) < 4.78 is 11.5. The smallest absolute Gasteiger partial charge is 0.131 e. The zero-order chi connectivity index (χ0) is 11.3. The summed E-state index contributed by atoms with van der Waals surface area (Å²) in [6.07, 6.45) is 1.55. The van der Waals surface area contributed by atoms with Crippen molar-refractivity contribution in [2.24, 2.45) is 5.92 Å². The predicted octanol–water partition coefficient (Wildman–Crippen LogP) is 0.207. The Morgan fingerprint density at radius 2 is 2.06 bits per heavy atom. The van der Waals surface area contributed by atoms with E-state index in [2.05, 4.69) is 13.8 Å². The van der Waals surface area contributed by atoms with Crippen LogP contribution in [-0.2, 0) is 9.47 Å². The molecular formula is C12H18O4. The van der Waals surface area contributed by atoms with Gasteiger partial charge in [0.25, 0.3) is 0 Å². The van der Waals surface area contributed by atoms with Gasteiger partial charge >= 0.3 is 0 Å². The lowest BCUT2D eigenvalue weighted by molar-refractivity contribution is -0.124. The summed E-state index contributed by atoms with van der Waals surface area (Å²) >= 11 is 0. The Hall–Kier alpha value is -0.160. The van der Waals surface area contributed by atoms with E-state index in [1.165, 1.54) is 0 Å². The number of ether oxygens (including phenoxy) is 2. The molecule has 0 aromatic carbocycles. The summed E-state index contributed by atoms with van der Waals surface area (Å²) in [6, 6.07) is 0. The van der Waals surface area contributed by atoms with Crippen LogP contribution in [0.3, 0.4) is 0 Å². The summed E-state index contributed by atoms with van der Waals surface area (Å²) in [4.78, 5) is 0. The van der Waals surface area contributed by atoms with E-state index in [-0.39, 0.29) is 12.2 Å². The van der Waals surface area contributed by atoms with E-state index in [4.69, 9.17) is 9.47 Å². The van der Waals surface area contributed by atoms with Crippen LogP contribution in [0.1, 0.15) is 33.1 Å². The minimum absolute atomic E-state index is 0.132. The highest BCUT2D eigenvalue weighted by molar-refractivity contribution is 5.39. The van der Waals surface area contributed by atoms with Crippen molar-refractivity contribution in [1.29, 1.82) is 0 Å². The Balaban J connectivity index is 1.79. The number of hydrogen-bond donors (Lipinski definition) is 2. The van der Waals surface area contributed by atoms with E-state index in [1.54, 1.807) is 0 Å². The van der Waals surface area contributed by atoms with Crippen molar-refractivity contribution in [2.45, 2.75) is 68.2 Å². The summed E-state index contributed by atoms with van der Waals surface area (Å²) in [7, 11) is 0. The van der Waals surface area contributed by atoms with Crippen molar-refractivity contribution in [3.05, 3.63) is 0 Å². The van der Waals surface area contributed by atoms with Crippen LogP contribution < -0.4 is 0 Å². The molecule has 0 bridgehead atoms. The molecule has 16 heavy (non-hydrogen) atoms. The number of rotatable bonds is 1. The normalized spacial score (nSPS) is 66.2. The number of aliphatic hydroxyl groups excluding tert-OH is 1. The number of epoxide rings is 2. The predicted molar refractivity (Wildman–Crippen MR) is 54.9 cm³/mol. The maximum atomic E-state index is 11.0. The Bertz CT molecular complexity index is 370. The van der Waals surface area contributed by atoms with Crippen LogP contribution in [0.4, 0.5) is 0 Å². The maximum Gasteiger partial charge on any atom is 0.131 e. The lowest BCUT2D eigenvalue weighted by Crippen LogP contribution is -2.59. The largest absolute Gasteiger partial charge is 0.390 e. The molecule has 90 valence electrons. The molecule has 4 heteroatoms. The van der Waals surface area contributed by atoms with Gasteiger partial charge in [-0.15, -0.1) is 0 Å². The van der Waals surface area contributed by atoms with Gasteiger partial charge in [0.15, 0.2) is 0 Å². The minimum Gasteiger partial charge on any atom is -0.390 e. The first-order valence-electron chi connectivity index (χ1n) is 6.24. The molecule has 4 fully saturated rings. The molecule has 0 amide bonds. The molecule has 1 spiro atoms. The lowest BCUT2D eigenvalue weighted by atomic mass is 9.68. The quantitative estimate of drug-likeness (QED) is 0.627. The second-order valence-corrected chi connectivity index (χ2v) is 6.15. The van der Waals surface area contributed by atoms with Crippen molar-refractivity contribution in [3.63, 3.8) is 0 Å². The number of hydrogen-bond acceptors (Lipinski definition) is 4. The third kappa shape index (κ3) is 0.706. The van der Waals surface area contributed by atoms with Crippen LogP contribution in [0.5, 0.6) is 0 Å². The summed E-state index contributed by atoms with van der Waals surface area (Å²) in [5.41, 5.74) is -1.76. The first-order valence-corrected chi connectivity index (χ1v) is 6.24. The van der Waals surface area contributed by atoms with Crippen LogP contribution in [0.15, 0.2) is 0 Å². The van der Waals surface area contributed by atoms with Crippen LogP contribution in [0, 0.1) is 5.92 Å². The second-order valence-electron chi connectivity index (χ2n) is 6.15. The second kappa shape index (κ2) is 2.34. The van der Waals surface area contributed by atoms with E-state index in [0.717, 1.165) is 6.42 Å². The highest BCUT2D eigenvalue weighted by Crippen LogP contribution is 2.74. The highest BCUT2D eigenvalue weighted by Gasteiger charge is 2.91. The van der Waals surface area contributed by atoms with Crippen molar-refractivity contribution in [3.8, 4) is 0 Å². The zero-order valence-corrected chi connectivity index (χ0v) is 9.64. The van der Waals surface area contributed by atoms with Gasteiger partial charge in [0.1, 0.15) is 22.9 Å². The van der Waals surface area contributed by atoms with Crippen molar-refractivity contribution in [1.82, 2.24) is 0 Å². The van der Waals surface area contributed by atoms with E-state index in [9.17, 15) is 10.2 Å². The van der Waals surface area contributed by atoms with Gasteiger partial charge in [-0.25, -0.2) is 0 Å². The molecule has 2 saturated heterocycles. The van der Waals surface area contributed by atoms with Crippen molar-refractivity contribution in [2.75, 3.05) is 0 Å². The molecule has 0 radical (unpaired) electrons. The van der Waals surface area contributed by atoms with Gasteiger partial charge in [-0.05, 0) is 18.8 Å². The molecule has 4 aliphatic rings. The van der Waals surface area contributed by atoms with Gasteiger partial charge in [-0.3, -0.25) is 0 Å². The van der Waals surface area contributed by atoms with Crippen molar-refractivity contribution >= 4 is 0 Å². The van der Waals surface area contributed by atoms with Gasteiger partial charge < -0.3 is 19.7 Å². The molecule has 4 nitrogen and oxygen atoms in total. The summed E-state index contributed by atoms with van der Waals surface area (Å²) in [6.45, 7) is 4.19. The topological polar surface area (TPSA) is 65.5 Å². The molecule has 0 unspecified atom stereocenters. The van der Waals surface area contributed by atoms with E-state index < -0.39 is 22.9 Å². The molecule has 4 rings (SSSR count).